The highest BCUT2D eigenvalue weighted by Crippen LogP contribution is 2.35. The van der Waals surface area contributed by atoms with Crippen LogP contribution in [0.1, 0.15) is 10.4 Å². The molecular formula is C13H3Cl3F4O. The van der Waals surface area contributed by atoms with Gasteiger partial charge in [0.05, 0.1) is 15.6 Å². The molecule has 2 aromatic carbocycles. The normalized spacial score (nSPS) is 10.8. The van der Waals surface area contributed by atoms with E-state index in [0.29, 0.717) is 0 Å². The zero-order valence-electron chi connectivity index (χ0n) is 9.79. The maximum absolute atomic E-state index is 13.9. The summed E-state index contributed by atoms with van der Waals surface area (Å²) in [5, 5.41) is -1.62. The van der Waals surface area contributed by atoms with Gasteiger partial charge in [-0.3, -0.25) is 4.79 Å². The van der Waals surface area contributed by atoms with Gasteiger partial charge in [0.15, 0.2) is 23.3 Å². The number of benzene rings is 2. The van der Waals surface area contributed by atoms with Crippen molar-refractivity contribution in [2.75, 3.05) is 0 Å². The maximum atomic E-state index is 13.9. The van der Waals surface area contributed by atoms with Crippen molar-refractivity contribution in [2.45, 2.75) is 0 Å². The second kappa shape index (κ2) is 5.83. The Balaban J connectivity index is 2.82. The van der Waals surface area contributed by atoms with Gasteiger partial charge in [-0.2, -0.15) is 0 Å². The van der Waals surface area contributed by atoms with Gasteiger partial charge in [0, 0.05) is 0 Å². The average molecular weight is 358 g/mol. The summed E-state index contributed by atoms with van der Waals surface area (Å²) < 4.78 is 55.2. The van der Waals surface area contributed by atoms with E-state index >= 15 is 0 Å². The SMILES string of the molecule is O=C(Cl)c1c(F)c(F)c(-c2ccc(Cl)c(Cl)c2)c(F)c1F. The molecule has 8 heteroatoms. The Labute approximate surface area is 131 Å². The molecule has 0 amide bonds. The summed E-state index contributed by atoms with van der Waals surface area (Å²) in [5.74, 6) is -7.27. The fourth-order valence-corrected chi connectivity index (χ4v) is 2.17. The minimum atomic E-state index is -1.88. The molecule has 1 nitrogen and oxygen atoms in total. The molecule has 110 valence electrons. The quantitative estimate of drug-likeness (QED) is 0.389. The number of hydrogen-bond acceptors (Lipinski definition) is 1. The van der Waals surface area contributed by atoms with Crippen LogP contribution in [0, 0.1) is 23.3 Å². The lowest BCUT2D eigenvalue weighted by Gasteiger charge is -2.10. The lowest BCUT2D eigenvalue weighted by molar-refractivity contribution is 0.107. The van der Waals surface area contributed by atoms with Gasteiger partial charge < -0.3 is 0 Å². The number of rotatable bonds is 2. The maximum Gasteiger partial charge on any atom is 0.258 e. The Kier molecular flexibility index (Phi) is 4.46. The molecule has 0 fully saturated rings. The van der Waals surface area contributed by atoms with Crippen LogP contribution in [0.5, 0.6) is 0 Å². The van der Waals surface area contributed by atoms with Gasteiger partial charge >= 0.3 is 0 Å². The van der Waals surface area contributed by atoms with Gasteiger partial charge in [-0.1, -0.05) is 29.3 Å². The van der Waals surface area contributed by atoms with E-state index in [-0.39, 0.29) is 15.6 Å². The average Bonchev–Trinajstić information content (AvgIpc) is 2.40. The van der Waals surface area contributed by atoms with Crippen LogP contribution in [0.4, 0.5) is 17.6 Å². The van der Waals surface area contributed by atoms with E-state index in [1.165, 1.54) is 6.07 Å². The number of carbonyl (C=O) groups is 1. The predicted molar refractivity (Wildman–Crippen MR) is 71.9 cm³/mol. The molecule has 21 heavy (non-hydrogen) atoms. The second-order valence-electron chi connectivity index (χ2n) is 3.91. The summed E-state index contributed by atoms with van der Waals surface area (Å²) in [6.45, 7) is 0. The van der Waals surface area contributed by atoms with Crippen molar-refractivity contribution in [3.05, 3.63) is 57.1 Å². The third-order valence-corrected chi connectivity index (χ3v) is 3.60. The molecule has 0 atom stereocenters. The van der Waals surface area contributed by atoms with E-state index in [0.717, 1.165) is 12.1 Å². The van der Waals surface area contributed by atoms with E-state index in [2.05, 4.69) is 0 Å². The molecule has 2 aromatic rings. The van der Waals surface area contributed by atoms with Crippen LogP contribution in [0.15, 0.2) is 18.2 Å². The zero-order chi connectivity index (χ0) is 15.9. The minimum Gasteiger partial charge on any atom is -0.275 e. The molecule has 0 saturated heterocycles. The summed E-state index contributed by atoms with van der Waals surface area (Å²) in [7, 11) is 0. The number of carbonyl (C=O) groups excluding carboxylic acids is 1. The molecule has 0 unspecified atom stereocenters. The zero-order valence-corrected chi connectivity index (χ0v) is 12.1. The molecular weight excluding hydrogens is 354 g/mol. The fourth-order valence-electron chi connectivity index (χ4n) is 1.71. The van der Waals surface area contributed by atoms with Crippen LogP contribution < -0.4 is 0 Å². The van der Waals surface area contributed by atoms with E-state index in [1.807, 2.05) is 0 Å². The van der Waals surface area contributed by atoms with Gasteiger partial charge in [-0.25, -0.2) is 17.6 Å². The Morgan fingerprint density at radius 1 is 0.857 bits per heavy atom. The Bertz CT molecular complexity index is 733. The first-order valence-corrected chi connectivity index (χ1v) is 6.40. The predicted octanol–water partition coefficient (Wildman–Crippen LogP) is 5.60. The van der Waals surface area contributed by atoms with E-state index in [1.54, 1.807) is 0 Å². The lowest BCUT2D eigenvalue weighted by Crippen LogP contribution is -2.08. The van der Waals surface area contributed by atoms with Crippen LogP contribution in [0.3, 0.4) is 0 Å². The van der Waals surface area contributed by atoms with Crippen molar-refractivity contribution in [3.8, 4) is 11.1 Å². The van der Waals surface area contributed by atoms with E-state index < -0.39 is 39.6 Å². The Morgan fingerprint density at radius 3 is 1.81 bits per heavy atom. The van der Waals surface area contributed by atoms with Crippen molar-refractivity contribution in [2.24, 2.45) is 0 Å². The third-order valence-electron chi connectivity index (χ3n) is 2.67. The minimum absolute atomic E-state index is 0.0636. The first-order valence-electron chi connectivity index (χ1n) is 5.27. The molecule has 0 saturated carbocycles. The van der Waals surface area contributed by atoms with Gasteiger partial charge in [0.25, 0.3) is 5.24 Å². The standard InChI is InChI=1S/C13H3Cl3F4O/c14-5-2-1-4(3-6(5)15)7-9(17)11(19)8(13(16)21)12(20)10(7)18/h1-3H. The molecule has 0 N–H and O–H groups in total. The topological polar surface area (TPSA) is 17.1 Å². The Morgan fingerprint density at radius 2 is 1.38 bits per heavy atom. The number of halogens is 7. The third kappa shape index (κ3) is 2.73. The molecule has 0 aliphatic heterocycles. The molecule has 2 rings (SSSR count). The van der Waals surface area contributed by atoms with Crippen molar-refractivity contribution in [1.82, 2.24) is 0 Å². The van der Waals surface area contributed by atoms with Crippen LogP contribution in [-0.2, 0) is 0 Å². The van der Waals surface area contributed by atoms with Crippen molar-refractivity contribution < 1.29 is 22.4 Å². The summed E-state index contributed by atoms with van der Waals surface area (Å²) in [6, 6.07) is 3.36. The van der Waals surface area contributed by atoms with Crippen LogP contribution in [-0.4, -0.2) is 5.24 Å². The van der Waals surface area contributed by atoms with Gasteiger partial charge in [-0.15, -0.1) is 0 Å². The van der Waals surface area contributed by atoms with Crippen LogP contribution >= 0.6 is 34.8 Å². The molecule has 0 radical (unpaired) electrons. The smallest absolute Gasteiger partial charge is 0.258 e. The highest BCUT2D eigenvalue weighted by molar-refractivity contribution is 6.67. The number of hydrogen-bond donors (Lipinski definition) is 0. The van der Waals surface area contributed by atoms with Crippen molar-refractivity contribution in [1.29, 1.82) is 0 Å². The summed E-state index contributed by atoms with van der Waals surface area (Å²) >= 11 is 16.2. The largest absolute Gasteiger partial charge is 0.275 e. The highest BCUT2D eigenvalue weighted by atomic mass is 35.5. The van der Waals surface area contributed by atoms with Crippen LogP contribution in [0.25, 0.3) is 11.1 Å². The molecule has 0 aliphatic rings. The van der Waals surface area contributed by atoms with Gasteiger partial charge in [-0.05, 0) is 29.3 Å². The van der Waals surface area contributed by atoms with E-state index in [4.69, 9.17) is 34.8 Å². The van der Waals surface area contributed by atoms with Crippen molar-refractivity contribution >= 4 is 40.0 Å². The highest BCUT2D eigenvalue weighted by Gasteiger charge is 2.29. The van der Waals surface area contributed by atoms with Gasteiger partial charge in [0.1, 0.15) is 5.56 Å². The molecule has 0 heterocycles. The summed E-state index contributed by atoms with van der Waals surface area (Å²) in [6.07, 6.45) is 0. The first kappa shape index (κ1) is 16.1. The van der Waals surface area contributed by atoms with E-state index in [9.17, 15) is 22.4 Å². The summed E-state index contributed by atoms with van der Waals surface area (Å²) in [5.41, 5.74) is -2.74. The molecule has 0 aromatic heterocycles. The molecule has 0 spiro atoms. The van der Waals surface area contributed by atoms with Crippen LogP contribution in [0.2, 0.25) is 10.0 Å². The second-order valence-corrected chi connectivity index (χ2v) is 5.07. The molecule has 0 bridgehead atoms. The van der Waals surface area contributed by atoms with Crippen molar-refractivity contribution in [3.63, 3.8) is 0 Å². The summed E-state index contributed by atoms with van der Waals surface area (Å²) in [4.78, 5) is 10.9. The Hall–Kier alpha value is -1.30. The fraction of sp³-hybridized carbons (Fsp3) is 0. The molecule has 0 aliphatic carbocycles. The lowest BCUT2D eigenvalue weighted by atomic mass is 10.0. The monoisotopic (exact) mass is 356 g/mol. The van der Waals surface area contributed by atoms with Gasteiger partial charge in [0.2, 0.25) is 0 Å². The first-order chi connectivity index (χ1) is 9.75.